The van der Waals surface area contributed by atoms with Gasteiger partial charge in [-0.3, -0.25) is 0 Å². The third-order valence-corrected chi connectivity index (χ3v) is 9.71. The summed E-state index contributed by atoms with van der Waals surface area (Å²) in [5.74, 6) is 3.83. The van der Waals surface area contributed by atoms with Gasteiger partial charge in [-0.15, -0.1) is 0 Å². The summed E-state index contributed by atoms with van der Waals surface area (Å²) in [7, 11) is 1.88. The van der Waals surface area contributed by atoms with Gasteiger partial charge < -0.3 is 9.84 Å². The Labute approximate surface area is 160 Å². The van der Waals surface area contributed by atoms with Crippen LogP contribution in [0, 0.1) is 40.4 Å². The number of ether oxygens (including phenoxy) is 1. The average Bonchev–Trinajstić information content (AvgIpc) is 2.92. The van der Waals surface area contributed by atoms with E-state index >= 15 is 0 Å². The quantitative estimate of drug-likeness (QED) is 0.650. The third-order valence-electron chi connectivity index (χ3n) is 9.71. The average molecular weight is 361 g/mol. The minimum absolute atomic E-state index is 0.428. The zero-order valence-electron chi connectivity index (χ0n) is 17.7. The number of methoxy groups -OCH3 is 1. The first-order valence-corrected chi connectivity index (χ1v) is 11.1. The zero-order chi connectivity index (χ0) is 18.7. The van der Waals surface area contributed by atoms with Gasteiger partial charge in [0.2, 0.25) is 0 Å². The molecule has 2 nitrogen and oxygen atoms in total. The molecule has 4 saturated carbocycles. The van der Waals surface area contributed by atoms with E-state index in [1.807, 2.05) is 7.11 Å². The molecule has 0 amide bonds. The van der Waals surface area contributed by atoms with Crippen molar-refractivity contribution in [1.82, 2.24) is 0 Å². The third kappa shape index (κ3) is 2.65. The lowest BCUT2D eigenvalue weighted by atomic mass is 9.42. The predicted molar refractivity (Wildman–Crippen MR) is 107 cm³/mol. The fourth-order valence-corrected chi connectivity index (χ4v) is 8.31. The first-order chi connectivity index (χ1) is 12.2. The summed E-state index contributed by atoms with van der Waals surface area (Å²) in [6, 6.07) is 0. The van der Waals surface area contributed by atoms with Crippen LogP contribution in [0.25, 0.3) is 0 Å². The number of allylic oxidation sites excluding steroid dienone is 2. The molecular weight excluding hydrogens is 320 g/mol. The molecule has 4 aliphatic rings. The number of rotatable bonds is 2. The predicted octanol–water partition coefficient (Wildman–Crippen LogP) is 5.60. The molecule has 0 aromatic heterocycles. The van der Waals surface area contributed by atoms with Gasteiger partial charge >= 0.3 is 0 Å². The van der Waals surface area contributed by atoms with Crippen LogP contribution < -0.4 is 0 Å². The second-order valence-electron chi connectivity index (χ2n) is 11.0. The zero-order valence-corrected chi connectivity index (χ0v) is 17.7. The van der Waals surface area contributed by atoms with Crippen molar-refractivity contribution in [3.63, 3.8) is 0 Å². The van der Waals surface area contributed by atoms with Crippen LogP contribution in [-0.4, -0.2) is 24.4 Å². The van der Waals surface area contributed by atoms with E-state index in [4.69, 9.17) is 4.74 Å². The summed E-state index contributed by atoms with van der Waals surface area (Å²) in [6.45, 7) is 10.4. The van der Waals surface area contributed by atoms with E-state index in [-0.39, 0.29) is 0 Å². The lowest BCUT2D eigenvalue weighted by molar-refractivity contribution is -0.167. The Morgan fingerprint density at radius 3 is 2.58 bits per heavy atom. The molecule has 0 heterocycles. The molecule has 0 saturated heterocycles. The number of hydrogen-bond donors (Lipinski definition) is 1. The van der Waals surface area contributed by atoms with Gasteiger partial charge in [0.15, 0.2) is 0 Å². The Hall–Kier alpha value is -0.340. The smallest absolute Gasteiger partial charge is 0.0622 e. The van der Waals surface area contributed by atoms with Crippen molar-refractivity contribution in [2.75, 3.05) is 13.7 Å². The minimum atomic E-state index is -0.455. The van der Waals surface area contributed by atoms with Gasteiger partial charge in [-0.1, -0.05) is 25.5 Å². The van der Waals surface area contributed by atoms with Crippen LogP contribution in [0.2, 0.25) is 0 Å². The molecule has 2 heteroatoms. The highest BCUT2D eigenvalue weighted by Gasteiger charge is 2.62. The molecular formula is C24H40O2. The Balaban J connectivity index is 1.70. The molecule has 4 aliphatic carbocycles. The molecule has 0 aliphatic heterocycles. The van der Waals surface area contributed by atoms with Crippen molar-refractivity contribution >= 4 is 0 Å². The van der Waals surface area contributed by atoms with Gasteiger partial charge in [-0.25, -0.2) is 0 Å². The van der Waals surface area contributed by atoms with E-state index < -0.39 is 5.60 Å². The highest BCUT2D eigenvalue weighted by atomic mass is 16.5. The van der Waals surface area contributed by atoms with Gasteiger partial charge in [0.1, 0.15) is 0 Å². The Morgan fingerprint density at radius 2 is 1.88 bits per heavy atom. The van der Waals surface area contributed by atoms with Crippen LogP contribution in [0.3, 0.4) is 0 Å². The monoisotopic (exact) mass is 360 g/mol. The van der Waals surface area contributed by atoms with Crippen molar-refractivity contribution in [3.8, 4) is 0 Å². The largest absolute Gasteiger partial charge is 0.390 e. The van der Waals surface area contributed by atoms with Gasteiger partial charge in [-0.05, 0) is 106 Å². The van der Waals surface area contributed by atoms with Crippen LogP contribution in [0.15, 0.2) is 11.6 Å². The van der Waals surface area contributed by atoms with E-state index in [0.29, 0.717) is 22.7 Å². The summed E-state index contributed by atoms with van der Waals surface area (Å²) < 4.78 is 5.75. The topological polar surface area (TPSA) is 29.5 Å². The summed E-state index contributed by atoms with van der Waals surface area (Å²) in [4.78, 5) is 0. The van der Waals surface area contributed by atoms with E-state index in [1.54, 1.807) is 5.57 Å². The van der Waals surface area contributed by atoms with Crippen LogP contribution in [-0.2, 0) is 4.74 Å². The summed E-state index contributed by atoms with van der Waals surface area (Å²) in [5.41, 5.74) is 2.14. The molecule has 8 atom stereocenters. The molecule has 148 valence electrons. The fraction of sp³-hybridized carbons (Fsp3) is 0.917. The number of hydrogen-bond acceptors (Lipinski definition) is 2. The van der Waals surface area contributed by atoms with Gasteiger partial charge in [0.25, 0.3) is 0 Å². The Kier molecular flexibility index (Phi) is 4.63. The van der Waals surface area contributed by atoms with Crippen molar-refractivity contribution in [2.45, 2.75) is 84.7 Å². The van der Waals surface area contributed by atoms with Crippen molar-refractivity contribution in [2.24, 2.45) is 40.4 Å². The Morgan fingerprint density at radius 1 is 1.12 bits per heavy atom. The molecule has 0 aromatic carbocycles. The molecule has 0 unspecified atom stereocenters. The minimum Gasteiger partial charge on any atom is -0.390 e. The molecule has 4 rings (SSSR count). The maximum atomic E-state index is 10.8. The molecule has 0 bridgehead atoms. The molecule has 0 aromatic rings. The van der Waals surface area contributed by atoms with E-state index in [9.17, 15) is 5.11 Å². The van der Waals surface area contributed by atoms with Crippen molar-refractivity contribution in [3.05, 3.63) is 11.6 Å². The summed E-state index contributed by atoms with van der Waals surface area (Å²) in [6.07, 6.45) is 12.3. The van der Waals surface area contributed by atoms with E-state index in [0.717, 1.165) is 37.2 Å². The van der Waals surface area contributed by atoms with Crippen LogP contribution in [0.5, 0.6) is 0 Å². The normalized spacial score (nSPS) is 55.3. The molecule has 4 fully saturated rings. The number of fused-ring (bicyclic) bond motifs is 5. The van der Waals surface area contributed by atoms with Crippen LogP contribution in [0.4, 0.5) is 0 Å². The Bertz CT molecular complexity index is 579. The lowest BCUT2D eigenvalue weighted by Gasteiger charge is -2.63. The highest BCUT2D eigenvalue weighted by Crippen LogP contribution is 2.69. The first kappa shape index (κ1) is 19.0. The SMILES string of the molecule is C/C=C1/CC[C@H]2[C@@H]3[C@@H](COC)C[C@H]4C[C@](C)(O)CC[C@]4(C)[C@H]3CC[C@]12C. The standard InChI is InChI=1S/C24H40O2/c1-6-17-7-8-19-21-16(15-26-5)13-18-14-22(2,25)11-12-24(18,4)20(21)9-10-23(17,19)3/h6,16,18-21,25H,7-15H2,1-5H3/b17-6-/t16-,18+,19+,20+,21+,22-,23-,24+/m1/s1. The molecule has 0 radical (unpaired) electrons. The number of aliphatic hydroxyl groups is 1. The van der Waals surface area contributed by atoms with Crippen LogP contribution >= 0.6 is 0 Å². The molecule has 1 N–H and O–H groups in total. The second-order valence-corrected chi connectivity index (χ2v) is 11.0. The van der Waals surface area contributed by atoms with E-state index in [1.165, 1.54) is 38.5 Å². The van der Waals surface area contributed by atoms with Crippen molar-refractivity contribution in [1.29, 1.82) is 0 Å². The second kappa shape index (κ2) is 6.34. The van der Waals surface area contributed by atoms with E-state index in [2.05, 4.69) is 33.8 Å². The van der Waals surface area contributed by atoms with Gasteiger partial charge in [0.05, 0.1) is 5.60 Å². The van der Waals surface area contributed by atoms with Gasteiger partial charge in [0, 0.05) is 13.7 Å². The van der Waals surface area contributed by atoms with Crippen LogP contribution in [0.1, 0.15) is 79.1 Å². The maximum Gasteiger partial charge on any atom is 0.0622 e. The van der Waals surface area contributed by atoms with Gasteiger partial charge in [-0.2, -0.15) is 0 Å². The molecule has 26 heavy (non-hydrogen) atoms. The summed E-state index contributed by atoms with van der Waals surface area (Å²) >= 11 is 0. The lowest BCUT2D eigenvalue weighted by Crippen LogP contribution is -2.58. The fourth-order valence-electron chi connectivity index (χ4n) is 8.31. The van der Waals surface area contributed by atoms with Crippen molar-refractivity contribution < 1.29 is 9.84 Å². The highest BCUT2D eigenvalue weighted by molar-refractivity contribution is 5.24. The first-order valence-electron chi connectivity index (χ1n) is 11.1. The maximum absolute atomic E-state index is 10.8. The summed E-state index contributed by atoms with van der Waals surface area (Å²) in [5, 5.41) is 10.8. The molecule has 0 spiro atoms.